The zero-order valence-corrected chi connectivity index (χ0v) is 16.0. The molecule has 6 nitrogen and oxygen atoms in total. The van der Waals surface area contributed by atoms with Crippen LogP contribution in [-0.4, -0.2) is 34.2 Å². The second kappa shape index (κ2) is 7.92. The number of nitrogens with one attached hydrogen (secondary N) is 1. The fourth-order valence-corrected chi connectivity index (χ4v) is 4.08. The third-order valence-electron chi connectivity index (χ3n) is 4.87. The van der Waals surface area contributed by atoms with Crippen LogP contribution >= 0.6 is 11.3 Å². The Morgan fingerprint density at radius 2 is 2.22 bits per heavy atom. The van der Waals surface area contributed by atoms with Crippen molar-refractivity contribution in [2.45, 2.75) is 26.2 Å². The number of hydrogen-bond acceptors (Lipinski definition) is 5. The number of carbonyl (C=O) groups excluding carboxylic acids is 1. The zero-order chi connectivity index (χ0) is 18.6. The van der Waals surface area contributed by atoms with E-state index in [-0.39, 0.29) is 6.03 Å². The van der Waals surface area contributed by atoms with Gasteiger partial charge in [-0.15, -0.1) is 11.3 Å². The molecule has 1 atom stereocenters. The Kier molecular flexibility index (Phi) is 5.20. The summed E-state index contributed by atoms with van der Waals surface area (Å²) in [5.74, 6) is 1.60. The highest BCUT2D eigenvalue weighted by atomic mass is 32.1. The highest BCUT2D eigenvalue weighted by Gasteiger charge is 2.26. The topological polar surface area (TPSA) is 71.3 Å². The summed E-state index contributed by atoms with van der Waals surface area (Å²) in [7, 11) is 0. The van der Waals surface area contributed by atoms with Crippen molar-refractivity contribution < 1.29 is 9.32 Å². The first-order valence-corrected chi connectivity index (χ1v) is 10.0. The third-order valence-corrected chi connectivity index (χ3v) is 5.66. The normalized spacial score (nSPS) is 17.1. The summed E-state index contributed by atoms with van der Waals surface area (Å²) in [4.78, 5) is 18.9. The van der Waals surface area contributed by atoms with Crippen LogP contribution in [0.2, 0.25) is 0 Å². The number of anilines is 1. The Morgan fingerprint density at radius 1 is 1.33 bits per heavy atom. The number of aryl methyl sites for hydroxylation is 1. The van der Waals surface area contributed by atoms with E-state index in [0.29, 0.717) is 30.6 Å². The number of thiophene rings is 1. The second-order valence-electron chi connectivity index (χ2n) is 6.89. The molecular weight excluding hydrogens is 360 g/mol. The monoisotopic (exact) mass is 382 g/mol. The lowest BCUT2D eigenvalue weighted by molar-refractivity contribution is 0.173. The fourth-order valence-electron chi connectivity index (χ4n) is 3.47. The lowest BCUT2D eigenvalue weighted by atomic mass is 9.95. The maximum Gasteiger partial charge on any atom is 0.322 e. The van der Waals surface area contributed by atoms with Crippen molar-refractivity contribution >= 4 is 22.4 Å². The van der Waals surface area contributed by atoms with E-state index in [1.807, 2.05) is 53.6 Å². The smallest absolute Gasteiger partial charge is 0.322 e. The van der Waals surface area contributed by atoms with Crippen LogP contribution in [0.1, 0.15) is 24.3 Å². The molecule has 140 valence electrons. The summed E-state index contributed by atoms with van der Waals surface area (Å²) in [6.07, 6.45) is 2.74. The van der Waals surface area contributed by atoms with Crippen molar-refractivity contribution in [1.82, 2.24) is 15.0 Å². The van der Waals surface area contributed by atoms with Gasteiger partial charge in [-0.25, -0.2) is 4.79 Å². The Morgan fingerprint density at radius 3 is 3.04 bits per heavy atom. The van der Waals surface area contributed by atoms with Crippen molar-refractivity contribution in [2.75, 3.05) is 18.4 Å². The van der Waals surface area contributed by atoms with E-state index < -0.39 is 0 Å². The minimum Gasteiger partial charge on any atom is -0.339 e. The van der Waals surface area contributed by atoms with Gasteiger partial charge in [0.2, 0.25) is 11.7 Å². The maximum atomic E-state index is 12.5. The second-order valence-corrected chi connectivity index (χ2v) is 7.84. The molecule has 4 rings (SSSR count). The summed E-state index contributed by atoms with van der Waals surface area (Å²) < 4.78 is 5.48. The molecule has 7 heteroatoms. The van der Waals surface area contributed by atoms with Gasteiger partial charge in [0.1, 0.15) is 0 Å². The molecule has 1 unspecified atom stereocenters. The number of aromatic nitrogens is 2. The van der Waals surface area contributed by atoms with Gasteiger partial charge in [0.15, 0.2) is 0 Å². The van der Waals surface area contributed by atoms with Crippen LogP contribution in [0.3, 0.4) is 0 Å². The first kappa shape index (κ1) is 17.7. The van der Waals surface area contributed by atoms with Crippen molar-refractivity contribution in [3.63, 3.8) is 0 Å². The average Bonchev–Trinajstić information content (AvgIpc) is 3.34. The van der Waals surface area contributed by atoms with Crippen LogP contribution in [0.4, 0.5) is 9.80 Å². The molecule has 2 aromatic heterocycles. The van der Waals surface area contributed by atoms with E-state index in [1.54, 1.807) is 0 Å². The van der Waals surface area contributed by atoms with E-state index in [4.69, 9.17) is 4.52 Å². The molecule has 1 saturated heterocycles. The van der Waals surface area contributed by atoms with Gasteiger partial charge < -0.3 is 9.42 Å². The average molecular weight is 382 g/mol. The van der Waals surface area contributed by atoms with Crippen LogP contribution < -0.4 is 5.32 Å². The number of rotatable bonds is 4. The van der Waals surface area contributed by atoms with E-state index >= 15 is 0 Å². The van der Waals surface area contributed by atoms with Crippen LogP contribution in [-0.2, 0) is 6.42 Å². The van der Waals surface area contributed by atoms with E-state index in [9.17, 15) is 4.79 Å². The maximum absolute atomic E-state index is 12.5. The van der Waals surface area contributed by atoms with Gasteiger partial charge in [-0.2, -0.15) is 4.98 Å². The SMILES string of the molecule is Cc1ccccc1-c1noc(CC2CCCN(C(=O)Nc3cccs3)C2)n1. The van der Waals surface area contributed by atoms with Crippen molar-refractivity contribution in [1.29, 1.82) is 0 Å². The molecule has 27 heavy (non-hydrogen) atoms. The molecule has 0 aliphatic carbocycles. The van der Waals surface area contributed by atoms with Crippen LogP contribution in [0.5, 0.6) is 0 Å². The van der Waals surface area contributed by atoms with Crippen molar-refractivity contribution in [3.8, 4) is 11.4 Å². The number of benzene rings is 1. The first-order valence-electron chi connectivity index (χ1n) is 9.17. The lowest BCUT2D eigenvalue weighted by Crippen LogP contribution is -2.42. The van der Waals surface area contributed by atoms with Crippen LogP contribution in [0.25, 0.3) is 11.4 Å². The van der Waals surface area contributed by atoms with Crippen molar-refractivity contribution in [2.24, 2.45) is 5.92 Å². The molecule has 1 aliphatic heterocycles. The predicted molar refractivity (Wildman–Crippen MR) is 106 cm³/mol. The lowest BCUT2D eigenvalue weighted by Gasteiger charge is -2.32. The minimum atomic E-state index is -0.0340. The van der Waals surface area contributed by atoms with Gasteiger partial charge in [0.25, 0.3) is 0 Å². The number of nitrogens with zero attached hydrogens (tertiary/aromatic N) is 3. The standard InChI is InChI=1S/C20H22N4O2S/c1-14-6-2-3-8-16(14)19-21-17(26-23-19)12-15-7-4-10-24(13-15)20(25)22-18-9-5-11-27-18/h2-3,5-6,8-9,11,15H,4,7,10,12-13H2,1H3,(H,22,25). The molecule has 0 spiro atoms. The molecule has 0 saturated carbocycles. The zero-order valence-electron chi connectivity index (χ0n) is 15.2. The molecule has 0 bridgehead atoms. The molecule has 1 N–H and O–H groups in total. The number of amides is 2. The summed E-state index contributed by atoms with van der Waals surface area (Å²) >= 11 is 1.53. The molecule has 0 radical (unpaired) electrons. The van der Waals surface area contributed by atoms with E-state index in [1.165, 1.54) is 11.3 Å². The quantitative estimate of drug-likeness (QED) is 0.716. The van der Waals surface area contributed by atoms with Crippen LogP contribution in [0.15, 0.2) is 46.3 Å². The molecule has 3 aromatic rings. The molecule has 1 aromatic carbocycles. The first-order chi connectivity index (χ1) is 13.2. The molecule has 1 fully saturated rings. The van der Waals surface area contributed by atoms with Gasteiger partial charge >= 0.3 is 6.03 Å². The molecule has 1 aliphatic rings. The number of likely N-dealkylation sites (tertiary alicyclic amines) is 1. The Hall–Kier alpha value is -2.67. The van der Waals surface area contributed by atoms with Gasteiger partial charge in [-0.3, -0.25) is 5.32 Å². The predicted octanol–water partition coefficient (Wildman–Crippen LogP) is 4.59. The molecular formula is C20H22N4O2S. The highest BCUT2D eigenvalue weighted by molar-refractivity contribution is 7.14. The minimum absolute atomic E-state index is 0.0340. The van der Waals surface area contributed by atoms with E-state index in [0.717, 1.165) is 35.5 Å². The molecule has 3 heterocycles. The Balaban J connectivity index is 1.38. The number of urea groups is 1. The largest absolute Gasteiger partial charge is 0.339 e. The number of hydrogen-bond donors (Lipinski definition) is 1. The Bertz CT molecular complexity index is 906. The number of carbonyl (C=O) groups is 1. The van der Waals surface area contributed by atoms with Gasteiger partial charge in [0, 0.05) is 25.1 Å². The van der Waals surface area contributed by atoms with E-state index in [2.05, 4.69) is 15.5 Å². The molecule has 2 amide bonds. The van der Waals surface area contributed by atoms with Gasteiger partial charge in [-0.1, -0.05) is 29.4 Å². The Labute approximate surface area is 162 Å². The fraction of sp³-hybridized carbons (Fsp3) is 0.350. The summed E-state index contributed by atoms with van der Waals surface area (Å²) in [5.41, 5.74) is 2.12. The van der Waals surface area contributed by atoms with Gasteiger partial charge in [-0.05, 0) is 48.8 Å². The van der Waals surface area contributed by atoms with Crippen molar-refractivity contribution in [3.05, 3.63) is 53.2 Å². The third kappa shape index (κ3) is 4.19. The highest BCUT2D eigenvalue weighted by Crippen LogP contribution is 2.24. The summed E-state index contributed by atoms with van der Waals surface area (Å²) in [5, 5.41) is 9.93. The van der Waals surface area contributed by atoms with Crippen LogP contribution in [0, 0.1) is 12.8 Å². The number of piperidine rings is 1. The summed E-state index contributed by atoms with van der Waals surface area (Å²) in [6.45, 7) is 3.53. The summed E-state index contributed by atoms with van der Waals surface area (Å²) in [6, 6.07) is 11.8. The van der Waals surface area contributed by atoms with Gasteiger partial charge in [0.05, 0.1) is 5.00 Å².